The van der Waals surface area contributed by atoms with E-state index in [2.05, 4.69) is 26.2 Å². The Morgan fingerprint density at radius 2 is 1.89 bits per heavy atom. The van der Waals surface area contributed by atoms with Crippen LogP contribution in [0, 0.1) is 0 Å². The van der Waals surface area contributed by atoms with Crippen molar-refractivity contribution >= 4 is 39.5 Å². The highest BCUT2D eigenvalue weighted by Gasteiger charge is 2.41. The van der Waals surface area contributed by atoms with Crippen molar-refractivity contribution < 1.29 is 19.1 Å². The van der Waals surface area contributed by atoms with E-state index < -0.39 is 0 Å². The number of rotatable bonds is 8. The molecule has 8 nitrogen and oxygen atoms in total. The number of nitrogens with zero attached hydrogens (tertiary/aromatic N) is 3. The zero-order valence-corrected chi connectivity index (χ0v) is 23.2. The number of hydrogen-bond donors (Lipinski definition) is 1. The Morgan fingerprint density at radius 1 is 1.16 bits per heavy atom. The molecule has 2 aliphatic rings. The molecule has 3 heterocycles. The molecule has 3 amide bonds. The Labute approximate surface area is 235 Å². The average Bonchev–Trinajstić information content (AvgIpc) is 3.23. The molecule has 2 saturated heterocycles. The van der Waals surface area contributed by atoms with Crippen LogP contribution in [0.3, 0.4) is 0 Å². The monoisotopic (exact) mass is 598 g/mol. The van der Waals surface area contributed by atoms with Gasteiger partial charge >= 0.3 is 6.03 Å². The molecular weight excluding hydrogens is 572 g/mol. The van der Waals surface area contributed by atoms with Gasteiger partial charge in [-0.1, -0.05) is 35.9 Å². The van der Waals surface area contributed by atoms with Gasteiger partial charge in [-0.25, -0.2) is 9.78 Å². The van der Waals surface area contributed by atoms with Crippen molar-refractivity contribution in [3.05, 3.63) is 87.1 Å². The molecule has 2 atom stereocenters. The molecule has 0 saturated carbocycles. The van der Waals surface area contributed by atoms with Crippen molar-refractivity contribution in [3.8, 4) is 11.5 Å². The number of pyridine rings is 1. The van der Waals surface area contributed by atoms with Crippen molar-refractivity contribution in [1.82, 2.24) is 20.1 Å². The number of amides is 3. The topological polar surface area (TPSA) is 84.0 Å². The summed E-state index contributed by atoms with van der Waals surface area (Å²) in [4.78, 5) is 33.8. The minimum Gasteiger partial charge on any atom is -0.497 e. The summed E-state index contributed by atoms with van der Waals surface area (Å²) in [6.45, 7) is 2.21. The number of nitrogens with one attached hydrogen (secondary N) is 1. The predicted molar refractivity (Wildman–Crippen MR) is 148 cm³/mol. The molecule has 198 valence electrons. The molecule has 0 bridgehead atoms. The summed E-state index contributed by atoms with van der Waals surface area (Å²) >= 11 is 9.43. The van der Waals surface area contributed by atoms with Crippen LogP contribution in [-0.4, -0.2) is 59.1 Å². The van der Waals surface area contributed by atoms with E-state index in [0.29, 0.717) is 47.8 Å². The van der Waals surface area contributed by atoms with Gasteiger partial charge in [-0.15, -0.1) is 0 Å². The lowest BCUT2D eigenvalue weighted by Gasteiger charge is -2.33. The third-order valence-electron chi connectivity index (χ3n) is 6.86. The summed E-state index contributed by atoms with van der Waals surface area (Å²) in [5.41, 5.74) is 2.28. The first-order chi connectivity index (χ1) is 18.4. The molecule has 2 aliphatic heterocycles. The van der Waals surface area contributed by atoms with Crippen LogP contribution in [0.25, 0.3) is 0 Å². The summed E-state index contributed by atoms with van der Waals surface area (Å²) in [5.74, 6) is 1.07. The van der Waals surface area contributed by atoms with E-state index >= 15 is 0 Å². The number of methoxy groups -OCH3 is 1. The van der Waals surface area contributed by atoms with Crippen molar-refractivity contribution in [3.63, 3.8) is 0 Å². The second-order valence-corrected chi connectivity index (χ2v) is 10.7. The van der Waals surface area contributed by atoms with Gasteiger partial charge in [-0.2, -0.15) is 0 Å². The van der Waals surface area contributed by atoms with E-state index in [1.807, 2.05) is 46.2 Å². The summed E-state index contributed by atoms with van der Waals surface area (Å²) in [6.07, 6.45) is 2.94. The maximum atomic E-state index is 13.0. The van der Waals surface area contributed by atoms with Crippen molar-refractivity contribution in [1.29, 1.82) is 0 Å². The third kappa shape index (κ3) is 6.05. The van der Waals surface area contributed by atoms with E-state index in [1.165, 1.54) is 0 Å². The highest BCUT2D eigenvalue weighted by Crippen LogP contribution is 2.32. The summed E-state index contributed by atoms with van der Waals surface area (Å²) in [5, 5.41) is 3.53. The SMILES string of the molecule is COc1ccc(CN2C[C@@H]3C[C@@H](Oc4cc(C(=O)NCc5ccc(Cl)cc5)ncc4Br)CCN3C2=O)cc1. The van der Waals surface area contributed by atoms with Crippen LogP contribution in [0.4, 0.5) is 4.79 Å². The molecular formula is C28H28BrClN4O4. The number of carbonyl (C=O) groups excluding carboxylic acids is 2. The van der Waals surface area contributed by atoms with Gasteiger partial charge in [0.1, 0.15) is 23.3 Å². The Bertz CT molecular complexity index is 1310. The molecule has 1 aromatic heterocycles. The van der Waals surface area contributed by atoms with Crippen molar-refractivity contribution in [2.75, 3.05) is 20.2 Å². The number of fused-ring (bicyclic) bond motifs is 1. The lowest BCUT2D eigenvalue weighted by molar-refractivity contribution is 0.0908. The largest absolute Gasteiger partial charge is 0.497 e. The summed E-state index contributed by atoms with van der Waals surface area (Å²) < 4.78 is 12.2. The lowest BCUT2D eigenvalue weighted by Crippen LogP contribution is -2.44. The Hall–Kier alpha value is -3.30. The first kappa shape index (κ1) is 26.3. The van der Waals surface area contributed by atoms with E-state index in [1.54, 1.807) is 31.5 Å². The number of hydrogen-bond acceptors (Lipinski definition) is 5. The lowest BCUT2D eigenvalue weighted by atomic mass is 10.0. The number of carbonyl (C=O) groups is 2. The van der Waals surface area contributed by atoms with Crippen LogP contribution in [0.5, 0.6) is 11.5 Å². The molecule has 2 fully saturated rings. The normalized spacial score (nSPS) is 18.8. The van der Waals surface area contributed by atoms with Crippen LogP contribution in [-0.2, 0) is 13.1 Å². The predicted octanol–water partition coefficient (Wildman–Crippen LogP) is 5.28. The number of ether oxygens (including phenoxy) is 2. The number of halogens is 2. The highest BCUT2D eigenvalue weighted by atomic mass is 79.9. The molecule has 38 heavy (non-hydrogen) atoms. The Morgan fingerprint density at radius 3 is 2.63 bits per heavy atom. The zero-order chi connectivity index (χ0) is 26.6. The van der Waals surface area contributed by atoms with Crippen LogP contribution in [0.1, 0.15) is 34.5 Å². The number of piperidine rings is 1. The standard InChI is InChI=1S/C28H28BrClN4O4/c1-37-22-8-4-19(5-9-22)16-33-17-21-12-23(10-11-34(21)28(33)36)38-26-13-25(31-15-24(26)29)27(35)32-14-18-2-6-20(30)7-3-18/h2-9,13,15,21,23H,10-12,14,16-17H2,1H3,(H,32,35)/t21-,23-/m0/s1. The second kappa shape index (κ2) is 11.6. The average molecular weight is 600 g/mol. The van der Waals surface area contributed by atoms with Gasteiger partial charge in [-0.05, 0) is 51.3 Å². The number of aromatic nitrogens is 1. The minimum atomic E-state index is -0.289. The van der Waals surface area contributed by atoms with Crippen LogP contribution in [0.15, 0.2) is 65.3 Å². The van der Waals surface area contributed by atoms with Crippen molar-refractivity contribution in [2.45, 2.75) is 38.1 Å². The quantitative estimate of drug-likeness (QED) is 0.381. The van der Waals surface area contributed by atoms with Crippen molar-refractivity contribution in [2.24, 2.45) is 0 Å². The Balaban J connectivity index is 1.18. The smallest absolute Gasteiger partial charge is 0.320 e. The van der Waals surface area contributed by atoms with Gasteiger partial charge in [0, 0.05) is 56.3 Å². The third-order valence-corrected chi connectivity index (χ3v) is 7.71. The number of urea groups is 1. The summed E-state index contributed by atoms with van der Waals surface area (Å²) in [7, 11) is 1.64. The maximum absolute atomic E-state index is 13.0. The van der Waals surface area contributed by atoms with Crippen LogP contribution < -0.4 is 14.8 Å². The first-order valence-corrected chi connectivity index (χ1v) is 13.6. The molecule has 1 N–H and O–H groups in total. The van der Waals surface area contributed by atoms with Gasteiger partial charge in [0.15, 0.2) is 0 Å². The molecule has 3 aromatic rings. The van der Waals surface area contributed by atoms with E-state index in [4.69, 9.17) is 21.1 Å². The summed E-state index contributed by atoms with van der Waals surface area (Å²) in [6, 6.07) is 16.9. The fourth-order valence-corrected chi connectivity index (χ4v) is 5.27. The fraction of sp³-hybridized carbons (Fsp3) is 0.321. The van der Waals surface area contributed by atoms with Gasteiger partial charge in [0.05, 0.1) is 17.6 Å². The van der Waals surface area contributed by atoms with Crippen LogP contribution >= 0.6 is 27.5 Å². The van der Waals surface area contributed by atoms with Gasteiger partial charge < -0.3 is 24.6 Å². The molecule has 2 aromatic carbocycles. The molecule has 5 rings (SSSR count). The molecule has 0 spiro atoms. The van der Waals surface area contributed by atoms with Gasteiger partial charge in [0.2, 0.25) is 0 Å². The fourth-order valence-electron chi connectivity index (χ4n) is 4.83. The highest BCUT2D eigenvalue weighted by molar-refractivity contribution is 9.10. The zero-order valence-electron chi connectivity index (χ0n) is 20.9. The van der Waals surface area contributed by atoms with Gasteiger partial charge in [-0.3, -0.25) is 4.79 Å². The molecule has 10 heteroatoms. The Kier molecular flexibility index (Phi) is 8.04. The number of benzene rings is 2. The van der Waals surface area contributed by atoms with E-state index in [9.17, 15) is 9.59 Å². The molecule has 0 aliphatic carbocycles. The second-order valence-electron chi connectivity index (χ2n) is 9.43. The van der Waals surface area contributed by atoms with Gasteiger partial charge in [0.25, 0.3) is 5.91 Å². The van der Waals surface area contributed by atoms with Crippen LogP contribution in [0.2, 0.25) is 5.02 Å². The molecule has 0 radical (unpaired) electrons. The molecule has 0 unspecified atom stereocenters. The minimum absolute atomic E-state index is 0.0639. The maximum Gasteiger partial charge on any atom is 0.320 e. The van der Waals surface area contributed by atoms with E-state index in [-0.39, 0.29) is 29.8 Å². The van der Waals surface area contributed by atoms with E-state index in [0.717, 1.165) is 23.3 Å². The first-order valence-electron chi connectivity index (χ1n) is 12.4.